The molecule has 1 unspecified atom stereocenters. The highest BCUT2D eigenvalue weighted by molar-refractivity contribution is 5.93. The number of carboxylic acids is 1. The first kappa shape index (κ1) is 15.8. The lowest BCUT2D eigenvalue weighted by Gasteiger charge is -2.38. The zero-order valence-electron chi connectivity index (χ0n) is 13.8. The van der Waals surface area contributed by atoms with Gasteiger partial charge in [0.2, 0.25) is 0 Å². The van der Waals surface area contributed by atoms with Crippen LogP contribution in [0.5, 0.6) is 0 Å². The second-order valence-electron chi connectivity index (χ2n) is 6.68. The highest BCUT2D eigenvalue weighted by Crippen LogP contribution is 2.43. The summed E-state index contributed by atoms with van der Waals surface area (Å²) in [6.07, 6.45) is 4.70. The Balaban J connectivity index is 1.95. The maximum atomic E-state index is 11.9. The van der Waals surface area contributed by atoms with Crippen molar-refractivity contribution in [3.05, 3.63) is 53.7 Å². The van der Waals surface area contributed by atoms with E-state index in [1.165, 1.54) is 0 Å². The molecule has 1 aliphatic heterocycles. The molecule has 0 bridgehead atoms. The fraction of sp³-hybridized carbons (Fsp3) is 0.421. The molecule has 1 aliphatic carbocycles. The van der Waals surface area contributed by atoms with Gasteiger partial charge < -0.3 is 14.9 Å². The fourth-order valence-corrected chi connectivity index (χ4v) is 3.29. The number of likely N-dealkylation sites (N-methyl/N-ethyl adjacent to an activating group) is 1. The van der Waals surface area contributed by atoms with Gasteiger partial charge in [0.1, 0.15) is 0 Å². The first-order chi connectivity index (χ1) is 11.0. The molecule has 0 aromatic heterocycles. The van der Waals surface area contributed by atoms with E-state index in [-0.39, 0.29) is 0 Å². The van der Waals surface area contributed by atoms with Crippen LogP contribution in [0.2, 0.25) is 0 Å². The molecule has 1 atom stereocenters. The van der Waals surface area contributed by atoms with Gasteiger partial charge in [-0.2, -0.15) is 0 Å². The average molecular weight is 312 g/mol. The molecule has 1 aromatic rings. The van der Waals surface area contributed by atoms with Crippen LogP contribution < -0.4 is 0 Å². The summed E-state index contributed by atoms with van der Waals surface area (Å²) < 4.78 is 0. The number of piperazine rings is 1. The number of rotatable bonds is 3. The van der Waals surface area contributed by atoms with E-state index in [4.69, 9.17) is 0 Å². The van der Waals surface area contributed by atoms with Crippen LogP contribution in [0.4, 0.5) is 0 Å². The van der Waals surface area contributed by atoms with E-state index in [2.05, 4.69) is 29.0 Å². The molecule has 0 spiro atoms. The molecule has 0 amide bonds. The molecule has 23 heavy (non-hydrogen) atoms. The third-order valence-corrected chi connectivity index (χ3v) is 5.03. The molecule has 1 saturated heterocycles. The Morgan fingerprint density at radius 3 is 2.39 bits per heavy atom. The standard InChI is InChI=1S/C19H24N2O2/c1-19(18(22)23)9-8-16(21-12-10-20(2)11-13-21)14-17(19)15-6-4-3-5-7-15/h3-8,14H,9-13H2,1-2H3,(H,22,23). The summed E-state index contributed by atoms with van der Waals surface area (Å²) in [5.41, 5.74) is 2.20. The first-order valence-corrected chi connectivity index (χ1v) is 8.15. The topological polar surface area (TPSA) is 43.8 Å². The Labute approximate surface area is 137 Å². The number of hydrogen-bond acceptors (Lipinski definition) is 3. The molecule has 4 heteroatoms. The number of aliphatic carboxylic acids is 1. The second kappa shape index (κ2) is 6.20. The molecule has 0 saturated carbocycles. The third kappa shape index (κ3) is 3.04. The predicted molar refractivity (Wildman–Crippen MR) is 91.9 cm³/mol. The van der Waals surface area contributed by atoms with E-state index in [1.54, 1.807) is 0 Å². The number of benzene rings is 1. The van der Waals surface area contributed by atoms with E-state index in [1.807, 2.05) is 37.3 Å². The van der Waals surface area contributed by atoms with Gasteiger partial charge >= 0.3 is 5.97 Å². The lowest BCUT2D eigenvalue weighted by atomic mass is 9.73. The van der Waals surface area contributed by atoms with Crippen molar-refractivity contribution in [2.24, 2.45) is 5.41 Å². The molecule has 0 radical (unpaired) electrons. The minimum absolute atomic E-state index is 0.532. The van der Waals surface area contributed by atoms with Crippen LogP contribution in [-0.4, -0.2) is 54.1 Å². The van der Waals surface area contributed by atoms with Crippen LogP contribution >= 0.6 is 0 Å². The molecule has 1 aromatic carbocycles. The molecular formula is C19H24N2O2. The van der Waals surface area contributed by atoms with Crippen molar-refractivity contribution < 1.29 is 9.90 Å². The lowest BCUT2D eigenvalue weighted by molar-refractivity contribution is -0.144. The summed E-state index contributed by atoms with van der Waals surface area (Å²) in [4.78, 5) is 16.6. The van der Waals surface area contributed by atoms with Gasteiger partial charge in [-0.1, -0.05) is 36.4 Å². The lowest BCUT2D eigenvalue weighted by Crippen LogP contribution is -2.44. The fourth-order valence-electron chi connectivity index (χ4n) is 3.29. The molecule has 4 nitrogen and oxygen atoms in total. The smallest absolute Gasteiger partial charge is 0.314 e. The van der Waals surface area contributed by atoms with Gasteiger partial charge in [0.25, 0.3) is 0 Å². The van der Waals surface area contributed by atoms with Gasteiger partial charge in [-0.05, 0) is 37.6 Å². The summed E-state index contributed by atoms with van der Waals surface area (Å²) in [6.45, 7) is 5.89. The summed E-state index contributed by atoms with van der Waals surface area (Å²) in [5, 5.41) is 9.77. The first-order valence-electron chi connectivity index (χ1n) is 8.15. The Morgan fingerprint density at radius 2 is 1.78 bits per heavy atom. The van der Waals surface area contributed by atoms with Gasteiger partial charge in [0, 0.05) is 31.9 Å². The van der Waals surface area contributed by atoms with Crippen molar-refractivity contribution in [3.8, 4) is 0 Å². The molecule has 3 rings (SSSR count). The minimum Gasteiger partial charge on any atom is -0.481 e. The zero-order valence-corrected chi connectivity index (χ0v) is 13.8. The zero-order chi connectivity index (χ0) is 16.4. The predicted octanol–water partition coefficient (Wildman–Crippen LogP) is 2.70. The quantitative estimate of drug-likeness (QED) is 0.932. The van der Waals surface area contributed by atoms with E-state index >= 15 is 0 Å². The van der Waals surface area contributed by atoms with Gasteiger partial charge in [-0.25, -0.2) is 0 Å². The van der Waals surface area contributed by atoms with Crippen LogP contribution in [0.1, 0.15) is 18.9 Å². The number of carbonyl (C=O) groups is 1. The number of carboxylic acid groups (broad SMARTS) is 1. The molecule has 122 valence electrons. The molecular weight excluding hydrogens is 288 g/mol. The normalized spacial score (nSPS) is 25.7. The van der Waals surface area contributed by atoms with Gasteiger partial charge in [0.15, 0.2) is 0 Å². The summed E-state index contributed by atoms with van der Waals surface area (Å²) >= 11 is 0. The molecule has 2 aliphatic rings. The van der Waals surface area contributed by atoms with Crippen LogP contribution in [0.3, 0.4) is 0 Å². The number of nitrogens with zero attached hydrogens (tertiary/aromatic N) is 2. The van der Waals surface area contributed by atoms with E-state index < -0.39 is 11.4 Å². The third-order valence-electron chi connectivity index (χ3n) is 5.03. The SMILES string of the molecule is CN1CCN(C2=CCC(C)(C(=O)O)C(c3ccccc3)=C2)CC1. The monoisotopic (exact) mass is 312 g/mol. The highest BCUT2D eigenvalue weighted by Gasteiger charge is 2.39. The Kier molecular flexibility index (Phi) is 4.26. The van der Waals surface area contributed by atoms with E-state index in [0.717, 1.165) is 43.0 Å². The number of hydrogen-bond donors (Lipinski definition) is 1. The highest BCUT2D eigenvalue weighted by atomic mass is 16.4. The number of allylic oxidation sites excluding steroid dienone is 2. The molecule has 1 fully saturated rings. The Bertz CT molecular complexity index is 643. The summed E-state index contributed by atoms with van der Waals surface area (Å²) in [7, 11) is 2.14. The van der Waals surface area contributed by atoms with Crippen molar-refractivity contribution in [2.45, 2.75) is 13.3 Å². The minimum atomic E-state index is -0.864. The Morgan fingerprint density at radius 1 is 1.13 bits per heavy atom. The van der Waals surface area contributed by atoms with E-state index in [9.17, 15) is 9.90 Å². The molecule has 1 N–H and O–H groups in total. The van der Waals surface area contributed by atoms with Crippen molar-refractivity contribution in [3.63, 3.8) is 0 Å². The van der Waals surface area contributed by atoms with Crippen LogP contribution in [0, 0.1) is 5.41 Å². The van der Waals surface area contributed by atoms with Crippen molar-refractivity contribution in [2.75, 3.05) is 33.2 Å². The average Bonchev–Trinajstić information content (AvgIpc) is 2.57. The largest absolute Gasteiger partial charge is 0.481 e. The van der Waals surface area contributed by atoms with Crippen LogP contribution in [-0.2, 0) is 4.79 Å². The van der Waals surface area contributed by atoms with Crippen LogP contribution in [0.25, 0.3) is 5.57 Å². The van der Waals surface area contributed by atoms with Crippen molar-refractivity contribution in [1.29, 1.82) is 0 Å². The van der Waals surface area contributed by atoms with Crippen LogP contribution in [0.15, 0.2) is 48.2 Å². The van der Waals surface area contributed by atoms with Crippen molar-refractivity contribution in [1.82, 2.24) is 9.80 Å². The van der Waals surface area contributed by atoms with Gasteiger partial charge in [-0.15, -0.1) is 0 Å². The van der Waals surface area contributed by atoms with E-state index in [0.29, 0.717) is 6.42 Å². The maximum Gasteiger partial charge on any atom is 0.314 e. The van der Waals surface area contributed by atoms with Crippen molar-refractivity contribution >= 4 is 11.5 Å². The summed E-state index contributed by atoms with van der Waals surface area (Å²) in [5.74, 6) is -0.763. The maximum absolute atomic E-state index is 11.9. The van der Waals surface area contributed by atoms with Gasteiger partial charge in [-0.3, -0.25) is 4.79 Å². The second-order valence-corrected chi connectivity index (χ2v) is 6.68. The molecule has 1 heterocycles. The Hall–Kier alpha value is -2.07. The van der Waals surface area contributed by atoms with Gasteiger partial charge in [0.05, 0.1) is 5.41 Å². The summed E-state index contributed by atoms with van der Waals surface area (Å²) in [6, 6.07) is 9.89.